The summed E-state index contributed by atoms with van der Waals surface area (Å²) in [4.78, 5) is 32.1. The number of likely N-dealkylation sites (tertiary alicyclic amines) is 1. The number of carbonyl (C=O) groups is 2. The van der Waals surface area contributed by atoms with Gasteiger partial charge in [-0.15, -0.1) is 0 Å². The number of nitrogens with one attached hydrogen (secondary N) is 3. The van der Waals surface area contributed by atoms with Crippen molar-refractivity contribution in [2.45, 2.75) is 31.8 Å². The van der Waals surface area contributed by atoms with Gasteiger partial charge in [0.15, 0.2) is 0 Å². The smallest absolute Gasteiger partial charge is 0.317 e. The Hall–Kier alpha value is -3.00. The summed E-state index contributed by atoms with van der Waals surface area (Å²) < 4.78 is 0. The molecule has 30 heavy (non-hydrogen) atoms. The van der Waals surface area contributed by atoms with Crippen molar-refractivity contribution in [3.63, 3.8) is 0 Å². The summed E-state index contributed by atoms with van der Waals surface area (Å²) in [5.74, 6) is 0.0617. The number of urea groups is 1. The Morgan fingerprint density at radius 2 is 2.23 bits per heavy atom. The Kier molecular flexibility index (Phi) is 5.94. The molecule has 8 nitrogen and oxygen atoms in total. The summed E-state index contributed by atoms with van der Waals surface area (Å²) in [6.45, 7) is 1.66. The number of aromatic amines is 2. The lowest BCUT2D eigenvalue weighted by Crippen LogP contribution is -2.52. The fourth-order valence-corrected chi connectivity index (χ4v) is 4.06. The molecule has 0 radical (unpaired) electrons. The van der Waals surface area contributed by atoms with Crippen molar-refractivity contribution in [1.29, 1.82) is 0 Å². The molecule has 0 unspecified atom stereocenters. The van der Waals surface area contributed by atoms with Gasteiger partial charge in [-0.1, -0.05) is 11.6 Å². The fourth-order valence-electron chi connectivity index (χ4n) is 3.88. The van der Waals surface area contributed by atoms with Gasteiger partial charge in [-0.25, -0.2) is 4.79 Å². The summed E-state index contributed by atoms with van der Waals surface area (Å²) in [6.07, 6.45) is 5.48. The van der Waals surface area contributed by atoms with Gasteiger partial charge in [-0.3, -0.25) is 9.89 Å². The number of likely N-dealkylation sites (N-methyl/N-ethyl adjacent to an activating group) is 1. The van der Waals surface area contributed by atoms with E-state index in [1.54, 1.807) is 24.3 Å². The Balaban J connectivity index is 1.31. The Morgan fingerprint density at radius 3 is 3.03 bits per heavy atom. The number of benzene rings is 1. The lowest BCUT2D eigenvalue weighted by molar-refractivity contribution is -0.132. The number of rotatable bonds is 5. The topological polar surface area (TPSA) is 97.1 Å². The first-order chi connectivity index (χ1) is 14.5. The van der Waals surface area contributed by atoms with Gasteiger partial charge in [-0.05, 0) is 42.7 Å². The third-order valence-electron chi connectivity index (χ3n) is 5.60. The predicted molar refractivity (Wildman–Crippen MR) is 115 cm³/mol. The first kappa shape index (κ1) is 20.3. The lowest BCUT2D eigenvalue weighted by Gasteiger charge is -2.37. The molecule has 1 aliphatic rings. The summed E-state index contributed by atoms with van der Waals surface area (Å²) in [5.41, 5.74) is 2.76. The molecule has 3 heterocycles. The number of halogens is 1. The minimum atomic E-state index is -0.152. The third-order valence-corrected chi connectivity index (χ3v) is 5.83. The van der Waals surface area contributed by atoms with Crippen LogP contribution in [0.15, 0.2) is 36.7 Å². The largest absolute Gasteiger partial charge is 0.357 e. The van der Waals surface area contributed by atoms with Crippen LogP contribution in [0.2, 0.25) is 5.02 Å². The second-order valence-electron chi connectivity index (χ2n) is 7.71. The van der Waals surface area contributed by atoms with Gasteiger partial charge in [0.05, 0.1) is 25.2 Å². The van der Waals surface area contributed by atoms with Crippen LogP contribution in [-0.4, -0.2) is 63.1 Å². The number of hydrogen-bond donors (Lipinski definition) is 3. The Morgan fingerprint density at radius 1 is 1.37 bits per heavy atom. The van der Waals surface area contributed by atoms with Gasteiger partial charge in [0, 0.05) is 48.0 Å². The predicted octanol–water partition coefficient (Wildman–Crippen LogP) is 2.92. The van der Waals surface area contributed by atoms with Crippen LogP contribution in [0, 0.1) is 0 Å². The van der Waals surface area contributed by atoms with Crippen LogP contribution >= 0.6 is 11.6 Å². The second-order valence-corrected chi connectivity index (χ2v) is 8.15. The van der Waals surface area contributed by atoms with Crippen LogP contribution < -0.4 is 5.32 Å². The fraction of sp³-hybridized carbons (Fsp3) is 0.381. The molecular formula is C21H25ClN6O2. The van der Waals surface area contributed by atoms with E-state index >= 15 is 0 Å². The summed E-state index contributed by atoms with van der Waals surface area (Å²) in [7, 11) is 1.79. The van der Waals surface area contributed by atoms with Gasteiger partial charge in [-0.2, -0.15) is 5.10 Å². The van der Waals surface area contributed by atoms with Crippen LogP contribution in [0.3, 0.4) is 0 Å². The number of piperidine rings is 1. The zero-order valence-corrected chi connectivity index (χ0v) is 17.6. The van der Waals surface area contributed by atoms with E-state index in [2.05, 4.69) is 20.5 Å². The van der Waals surface area contributed by atoms with Gasteiger partial charge in [0.25, 0.3) is 0 Å². The van der Waals surface area contributed by atoms with E-state index in [1.807, 2.05) is 29.2 Å². The van der Waals surface area contributed by atoms with Gasteiger partial charge in [0.1, 0.15) is 0 Å². The molecule has 1 atom stereocenters. The van der Waals surface area contributed by atoms with Crippen LogP contribution in [0.4, 0.5) is 4.79 Å². The van der Waals surface area contributed by atoms with Crippen molar-refractivity contribution in [2.24, 2.45) is 0 Å². The molecular weight excluding hydrogens is 404 g/mol. The maximum absolute atomic E-state index is 12.7. The SMILES string of the molecule is CN(C(=O)NCc1cc2cc(Cl)ccc2[nH]1)[C@@H]1CCCN(C(=O)Cc2cn[nH]c2)C1. The molecule has 0 saturated carbocycles. The number of amides is 3. The number of H-pyrrole nitrogens is 2. The number of nitrogens with zero attached hydrogens (tertiary/aromatic N) is 3. The van der Waals surface area contributed by atoms with Crippen LogP contribution in [0.25, 0.3) is 10.9 Å². The molecule has 1 aromatic carbocycles. The standard InChI is InChI=1S/C21H25ClN6O2/c1-27(18-3-2-6-28(13-18)20(29)7-14-10-24-25-11-14)21(30)23-12-17-9-15-8-16(22)4-5-19(15)26-17/h4-5,8-11,18,26H,2-3,6-7,12-13H2,1H3,(H,23,30)(H,24,25)/t18-/m1/s1. The van der Waals surface area contributed by atoms with E-state index in [0.717, 1.165) is 41.5 Å². The molecule has 9 heteroatoms. The Labute approximate surface area is 179 Å². The average Bonchev–Trinajstić information content (AvgIpc) is 3.40. The van der Waals surface area contributed by atoms with Crippen molar-refractivity contribution >= 4 is 34.4 Å². The number of fused-ring (bicyclic) bond motifs is 1. The van der Waals surface area contributed by atoms with E-state index < -0.39 is 0 Å². The van der Waals surface area contributed by atoms with Crippen LogP contribution in [0.1, 0.15) is 24.1 Å². The van der Waals surface area contributed by atoms with Gasteiger partial charge >= 0.3 is 6.03 Å². The highest BCUT2D eigenvalue weighted by atomic mass is 35.5. The van der Waals surface area contributed by atoms with Crippen LogP contribution in [0.5, 0.6) is 0 Å². The monoisotopic (exact) mass is 428 g/mol. The van der Waals surface area contributed by atoms with Crippen molar-refractivity contribution in [1.82, 2.24) is 30.3 Å². The average molecular weight is 429 g/mol. The van der Waals surface area contributed by atoms with E-state index in [0.29, 0.717) is 24.5 Å². The highest BCUT2D eigenvalue weighted by molar-refractivity contribution is 6.31. The molecule has 0 spiro atoms. The maximum atomic E-state index is 12.7. The zero-order valence-electron chi connectivity index (χ0n) is 16.8. The molecule has 3 aromatic rings. The third kappa shape index (κ3) is 4.59. The molecule has 0 aliphatic carbocycles. The van der Waals surface area contributed by atoms with E-state index in [9.17, 15) is 9.59 Å². The van der Waals surface area contributed by atoms with Crippen molar-refractivity contribution in [3.05, 3.63) is 52.9 Å². The Bertz CT molecular complexity index is 1030. The molecule has 158 valence electrons. The van der Waals surface area contributed by atoms with Crippen molar-refractivity contribution in [2.75, 3.05) is 20.1 Å². The zero-order chi connectivity index (χ0) is 21.1. The summed E-state index contributed by atoms with van der Waals surface area (Å²) in [6, 6.07) is 7.47. The molecule has 0 bridgehead atoms. The highest BCUT2D eigenvalue weighted by Gasteiger charge is 2.28. The molecule has 3 amide bonds. The quantitative estimate of drug-likeness (QED) is 0.582. The van der Waals surface area contributed by atoms with Crippen molar-refractivity contribution < 1.29 is 9.59 Å². The van der Waals surface area contributed by atoms with Gasteiger partial charge in [0.2, 0.25) is 5.91 Å². The van der Waals surface area contributed by atoms with Crippen molar-refractivity contribution in [3.8, 4) is 0 Å². The molecule has 1 aliphatic heterocycles. The maximum Gasteiger partial charge on any atom is 0.317 e. The molecule has 3 N–H and O–H groups in total. The lowest BCUT2D eigenvalue weighted by atomic mass is 10.0. The minimum Gasteiger partial charge on any atom is -0.357 e. The van der Waals surface area contributed by atoms with E-state index in [4.69, 9.17) is 11.6 Å². The summed E-state index contributed by atoms with van der Waals surface area (Å²) in [5, 5.41) is 11.3. The molecule has 4 rings (SSSR count). The molecule has 2 aromatic heterocycles. The normalized spacial score (nSPS) is 16.6. The van der Waals surface area contributed by atoms with Crippen LogP contribution in [-0.2, 0) is 17.8 Å². The molecule has 1 saturated heterocycles. The number of carbonyl (C=O) groups excluding carboxylic acids is 2. The summed E-state index contributed by atoms with van der Waals surface area (Å²) >= 11 is 6.03. The number of hydrogen-bond acceptors (Lipinski definition) is 3. The first-order valence-corrected chi connectivity index (χ1v) is 10.4. The first-order valence-electron chi connectivity index (χ1n) is 10.0. The van der Waals surface area contributed by atoms with E-state index in [-0.39, 0.29) is 18.0 Å². The minimum absolute atomic E-state index is 0.00595. The highest BCUT2D eigenvalue weighted by Crippen LogP contribution is 2.20. The van der Waals surface area contributed by atoms with E-state index in [1.165, 1.54) is 0 Å². The van der Waals surface area contributed by atoms with Gasteiger partial charge < -0.3 is 20.1 Å². The number of aromatic nitrogens is 3. The molecule has 1 fully saturated rings. The second kappa shape index (κ2) is 8.79.